The lowest BCUT2D eigenvalue weighted by atomic mass is 10.3. The number of methoxy groups -OCH3 is 1. The minimum atomic E-state index is -0.241. The number of nitrogens with one attached hydrogen (secondary N) is 2. The van der Waals surface area contributed by atoms with Gasteiger partial charge in [0.15, 0.2) is 0 Å². The molecule has 1 aromatic heterocycles. The van der Waals surface area contributed by atoms with Crippen LogP contribution in [0.1, 0.15) is 23.8 Å². The van der Waals surface area contributed by atoms with Gasteiger partial charge in [-0.1, -0.05) is 12.1 Å². The molecule has 2 rings (SSSR count). The van der Waals surface area contributed by atoms with Gasteiger partial charge in [0.25, 0.3) is 5.91 Å². The van der Waals surface area contributed by atoms with Gasteiger partial charge in [-0.05, 0) is 31.5 Å². The average Bonchev–Trinajstić information content (AvgIpc) is 2.61. The van der Waals surface area contributed by atoms with Crippen molar-refractivity contribution >= 4 is 17.5 Å². The maximum absolute atomic E-state index is 12.1. The molecule has 1 aromatic carbocycles. The van der Waals surface area contributed by atoms with Crippen LogP contribution in [0.3, 0.4) is 0 Å². The highest BCUT2D eigenvalue weighted by atomic mass is 16.5. The van der Waals surface area contributed by atoms with Crippen molar-refractivity contribution in [1.82, 2.24) is 15.3 Å². The van der Waals surface area contributed by atoms with Gasteiger partial charge in [-0.15, -0.1) is 0 Å². The minimum Gasteiger partial charge on any atom is -0.492 e. The summed E-state index contributed by atoms with van der Waals surface area (Å²) in [6, 6.07) is 9.08. The zero-order valence-electron chi connectivity index (χ0n) is 13.9. The second-order valence-electron chi connectivity index (χ2n) is 4.92. The molecule has 0 spiro atoms. The number of carbonyl (C=O) groups excluding carboxylic acids is 1. The summed E-state index contributed by atoms with van der Waals surface area (Å²) in [7, 11) is 1.63. The molecule has 0 aliphatic carbocycles. The van der Waals surface area contributed by atoms with Crippen LogP contribution in [-0.2, 0) is 4.74 Å². The predicted molar refractivity (Wildman–Crippen MR) is 91.8 cm³/mol. The van der Waals surface area contributed by atoms with Gasteiger partial charge in [0.05, 0.1) is 12.3 Å². The third-order valence-corrected chi connectivity index (χ3v) is 3.13. The lowest BCUT2D eigenvalue weighted by molar-refractivity contribution is 0.0943. The van der Waals surface area contributed by atoms with E-state index in [1.54, 1.807) is 19.4 Å². The van der Waals surface area contributed by atoms with Gasteiger partial charge < -0.3 is 20.1 Å². The summed E-state index contributed by atoms with van der Waals surface area (Å²) >= 11 is 0. The smallest absolute Gasteiger partial charge is 0.270 e. The first-order valence-electron chi connectivity index (χ1n) is 7.83. The van der Waals surface area contributed by atoms with E-state index < -0.39 is 0 Å². The van der Waals surface area contributed by atoms with Crippen molar-refractivity contribution < 1.29 is 14.3 Å². The van der Waals surface area contributed by atoms with E-state index in [1.165, 1.54) is 0 Å². The molecule has 0 bridgehead atoms. The lowest BCUT2D eigenvalue weighted by Gasteiger charge is -2.11. The monoisotopic (exact) mass is 330 g/mol. The quantitative estimate of drug-likeness (QED) is 0.687. The molecule has 0 saturated carbocycles. The lowest BCUT2D eigenvalue weighted by Crippen LogP contribution is -2.26. The van der Waals surface area contributed by atoms with Crippen molar-refractivity contribution in [3.8, 4) is 5.75 Å². The van der Waals surface area contributed by atoms with E-state index in [0.29, 0.717) is 37.2 Å². The Morgan fingerprint density at radius 3 is 2.88 bits per heavy atom. The zero-order chi connectivity index (χ0) is 17.2. The molecule has 2 aromatic rings. The number of hydrogen-bond acceptors (Lipinski definition) is 6. The van der Waals surface area contributed by atoms with E-state index in [2.05, 4.69) is 20.6 Å². The van der Waals surface area contributed by atoms with Crippen LogP contribution in [0.2, 0.25) is 0 Å². The van der Waals surface area contributed by atoms with Crippen LogP contribution >= 0.6 is 0 Å². The van der Waals surface area contributed by atoms with E-state index in [0.717, 1.165) is 12.1 Å². The Hall–Kier alpha value is -2.67. The maximum atomic E-state index is 12.1. The average molecular weight is 330 g/mol. The molecule has 1 heterocycles. The second-order valence-corrected chi connectivity index (χ2v) is 4.92. The van der Waals surface area contributed by atoms with Crippen molar-refractivity contribution in [1.29, 1.82) is 0 Å². The predicted octanol–water partition coefficient (Wildman–Crippen LogP) is 2.39. The van der Waals surface area contributed by atoms with E-state index in [9.17, 15) is 4.79 Å². The van der Waals surface area contributed by atoms with Gasteiger partial charge >= 0.3 is 0 Å². The van der Waals surface area contributed by atoms with Gasteiger partial charge in [-0.25, -0.2) is 9.97 Å². The number of benzene rings is 1. The van der Waals surface area contributed by atoms with E-state index in [4.69, 9.17) is 9.47 Å². The molecule has 0 aliphatic rings. The Kier molecular flexibility index (Phi) is 6.97. The summed E-state index contributed by atoms with van der Waals surface area (Å²) in [4.78, 5) is 20.5. The summed E-state index contributed by atoms with van der Waals surface area (Å²) in [5.74, 6) is 0.805. The number of para-hydroxylation sites is 2. The fourth-order valence-corrected chi connectivity index (χ4v) is 2.03. The third-order valence-electron chi connectivity index (χ3n) is 3.13. The summed E-state index contributed by atoms with van der Waals surface area (Å²) in [5.41, 5.74) is 1.05. The van der Waals surface area contributed by atoms with Crippen molar-refractivity contribution in [3.05, 3.63) is 42.2 Å². The van der Waals surface area contributed by atoms with Crippen molar-refractivity contribution in [2.75, 3.05) is 32.2 Å². The van der Waals surface area contributed by atoms with Crippen LogP contribution in [-0.4, -0.2) is 42.7 Å². The van der Waals surface area contributed by atoms with Gasteiger partial charge in [0.1, 0.15) is 11.4 Å². The topological polar surface area (TPSA) is 85.4 Å². The molecule has 1 amide bonds. The highest BCUT2D eigenvalue weighted by Gasteiger charge is 2.10. The number of hydrogen-bond donors (Lipinski definition) is 2. The molecule has 0 unspecified atom stereocenters. The van der Waals surface area contributed by atoms with Crippen LogP contribution in [0, 0.1) is 0 Å². The Bertz CT molecular complexity index is 664. The number of ether oxygens (including phenoxy) is 2. The largest absolute Gasteiger partial charge is 0.492 e. The Labute approximate surface area is 141 Å². The minimum absolute atomic E-state index is 0.241. The third kappa shape index (κ3) is 5.20. The molecule has 2 N–H and O–H groups in total. The highest BCUT2D eigenvalue weighted by Crippen LogP contribution is 2.25. The van der Waals surface area contributed by atoms with E-state index in [1.807, 2.05) is 31.2 Å². The number of nitrogens with zero attached hydrogens (tertiary/aromatic N) is 2. The van der Waals surface area contributed by atoms with E-state index >= 15 is 0 Å². The molecular formula is C17H22N4O3. The Morgan fingerprint density at radius 2 is 2.08 bits per heavy atom. The van der Waals surface area contributed by atoms with Crippen molar-refractivity contribution in [2.24, 2.45) is 0 Å². The first-order valence-corrected chi connectivity index (χ1v) is 7.83. The van der Waals surface area contributed by atoms with Crippen LogP contribution in [0.15, 0.2) is 36.5 Å². The molecule has 0 saturated heterocycles. The fourth-order valence-electron chi connectivity index (χ4n) is 2.03. The molecule has 7 heteroatoms. The molecule has 128 valence electrons. The maximum Gasteiger partial charge on any atom is 0.270 e. The number of carbonyl (C=O) groups is 1. The first kappa shape index (κ1) is 17.7. The van der Waals surface area contributed by atoms with Crippen LogP contribution in [0.25, 0.3) is 0 Å². The normalized spacial score (nSPS) is 10.2. The van der Waals surface area contributed by atoms with Crippen LogP contribution in [0.5, 0.6) is 5.75 Å². The van der Waals surface area contributed by atoms with Crippen molar-refractivity contribution in [2.45, 2.75) is 13.3 Å². The SMILES string of the molecule is CCOc1ccccc1Nc1nccc(C(=O)NCCCOC)n1. The van der Waals surface area contributed by atoms with Gasteiger partial charge in [-0.3, -0.25) is 4.79 Å². The standard InChI is InChI=1S/C17H22N4O3/c1-3-24-15-8-5-4-7-13(15)20-17-19-11-9-14(21-17)16(22)18-10-6-12-23-2/h4-5,7-9,11H,3,6,10,12H2,1-2H3,(H,18,22)(H,19,20,21). The summed E-state index contributed by atoms with van der Waals surface area (Å²) in [5, 5.41) is 5.88. The van der Waals surface area contributed by atoms with Gasteiger partial charge in [0.2, 0.25) is 5.95 Å². The Balaban J connectivity index is 2.04. The second kappa shape index (κ2) is 9.46. The first-order chi connectivity index (χ1) is 11.7. The van der Waals surface area contributed by atoms with Crippen molar-refractivity contribution in [3.63, 3.8) is 0 Å². The Morgan fingerprint density at radius 1 is 1.25 bits per heavy atom. The molecule has 7 nitrogen and oxygen atoms in total. The number of anilines is 2. The number of amides is 1. The van der Waals surface area contributed by atoms with E-state index in [-0.39, 0.29) is 5.91 Å². The molecule has 24 heavy (non-hydrogen) atoms. The molecule has 0 atom stereocenters. The van der Waals surface area contributed by atoms with Gasteiger partial charge in [-0.2, -0.15) is 0 Å². The zero-order valence-corrected chi connectivity index (χ0v) is 13.9. The molecule has 0 aliphatic heterocycles. The summed E-state index contributed by atoms with van der Waals surface area (Å²) in [6.45, 7) is 3.61. The number of aromatic nitrogens is 2. The summed E-state index contributed by atoms with van der Waals surface area (Å²) in [6.07, 6.45) is 2.29. The number of rotatable bonds is 9. The van der Waals surface area contributed by atoms with Crippen LogP contribution in [0.4, 0.5) is 11.6 Å². The van der Waals surface area contributed by atoms with Gasteiger partial charge in [0, 0.05) is 26.5 Å². The molecular weight excluding hydrogens is 308 g/mol. The summed E-state index contributed by atoms with van der Waals surface area (Å²) < 4.78 is 10.5. The fraction of sp³-hybridized carbons (Fsp3) is 0.353. The molecule has 0 radical (unpaired) electrons. The van der Waals surface area contributed by atoms with Crippen LogP contribution < -0.4 is 15.4 Å². The molecule has 0 fully saturated rings. The highest BCUT2D eigenvalue weighted by molar-refractivity contribution is 5.92.